The Kier molecular flexibility index (Phi) is 7.50. The van der Waals surface area contributed by atoms with Crippen LogP contribution in [0, 0.1) is 0 Å². The highest BCUT2D eigenvalue weighted by atomic mass is 32.2. The van der Waals surface area contributed by atoms with E-state index < -0.39 is 10.1 Å². The molecule has 7 rings (SSSR count). The van der Waals surface area contributed by atoms with Gasteiger partial charge >= 0.3 is 0 Å². The van der Waals surface area contributed by atoms with Crippen molar-refractivity contribution in [3.63, 3.8) is 0 Å². The average molecular weight is 573 g/mol. The summed E-state index contributed by atoms with van der Waals surface area (Å²) in [5.41, 5.74) is 1.39. The van der Waals surface area contributed by atoms with Crippen molar-refractivity contribution < 1.29 is 13.0 Å². The topological polar surface area (TPSA) is 57.2 Å². The third kappa shape index (κ3) is 5.44. The summed E-state index contributed by atoms with van der Waals surface area (Å²) in [5, 5.41) is 5.38. The smallest absolute Gasteiger partial charge is 0.166 e. The van der Waals surface area contributed by atoms with Gasteiger partial charge in [-0.3, -0.25) is 0 Å². The van der Waals surface area contributed by atoms with E-state index in [4.69, 9.17) is 0 Å². The summed E-state index contributed by atoms with van der Waals surface area (Å²) < 4.78 is 34.3. The Bertz CT molecular complexity index is 1980. The summed E-state index contributed by atoms with van der Waals surface area (Å²) >= 11 is 0. The molecule has 0 aliphatic rings. The summed E-state index contributed by atoms with van der Waals surface area (Å²) in [6.45, 7) is 2.20. The zero-order valence-electron chi connectivity index (χ0n) is 22.5. The molecule has 0 saturated heterocycles. The Balaban J connectivity index is 0.000000148. The molecule has 0 unspecified atom stereocenters. The molecule has 0 bridgehead atoms. The van der Waals surface area contributed by atoms with Crippen LogP contribution >= 0.6 is 0 Å². The van der Waals surface area contributed by atoms with Gasteiger partial charge in [0.2, 0.25) is 0 Å². The Morgan fingerprint density at radius 1 is 0.537 bits per heavy atom. The van der Waals surface area contributed by atoms with Crippen molar-refractivity contribution in [1.29, 1.82) is 0 Å². The van der Waals surface area contributed by atoms with Gasteiger partial charge in [-0.2, -0.15) is 0 Å². The molecule has 0 amide bonds. The quantitative estimate of drug-likeness (QED) is 0.118. The molecular formula is C36H28O3S2. The first-order valence-corrected chi connectivity index (χ1v) is 16.1. The lowest BCUT2D eigenvalue weighted by Crippen LogP contribution is -2.04. The maximum absolute atomic E-state index is 11.4. The van der Waals surface area contributed by atoms with E-state index in [1.807, 2.05) is 36.4 Å². The second kappa shape index (κ2) is 11.4. The molecule has 7 aromatic rings. The van der Waals surface area contributed by atoms with Crippen molar-refractivity contribution in [1.82, 2.24) is 0 Å². The van der Waals surface area contributed by atoms with Crippen molar-refractivity contribution in [2.75, 3.05) is 0 Å². The minimum atomic E-state index is -4.48. The summed E-state index contributed by atoms with van der Waals surface area (Å²) in [6.07, 6.45) is 1.09. The van der Waals surface area contributed by atoms with Crippen LogP contribution in [0.5, 0.6) is 0 Å². The van der Waals surface area contributed by atoms with E-state index in [9.17, 15) is 13.0 Å². The highest BCUT2D eigenvalue weighted by Gasteiger charge is 2.27. The molecule has 41 heavy (non-hydrogen) atoms. The van der Waals surface area contributed by atoms with Crippen molar-refractivity contribution in [2.24, 2.45) is 0 Å². The standard InChI is InChI=1S/C20H19S.C16H10O3S/c1-2-17-13-15-20(16-14-17)21(18-9-5-3-6-10-18)19-11-7-4-8-12-19;17-20(18,19)14-9-7-12-5-4-10-2-1-3-11-6-8-13(14)16(12)15(10)11/h3-16H,2H2,1H3;1-9H,(H,17,18,19)/q+1;/p-1. The van der Waals surface area contributed by atoms with Gasteiger partial charge in [-0.15, -0.1) is 0 Å². The van der Waals surface area contributed by atoms with E-state index in [2.05, 4.69) is 91.9 Å². The number of hydrogen-bond acceptors (Lipinski definition) is 3. The lowest BCUT2D eigenvalue weighted by molar-refractivity contribution is 0.464. The van der Waals surface area contributed by atoms with E-state index in [0.717, 1.165) is 33.4 Å². The highest BCUT2D eigenvalue weighted by molar-refractivity contribution is 7.97. The normalized spacial score (nSPS) is 11.7. The van der Waals surface area contributed by atoms with Crippen molar-refractivity contribution in [3.05, 3.63) is 145 Å². The average Bonchev–Trinajstić information content (AvgIpc) is 3.01. The Morgan fingerprint density at radius 2 is 1.02 bits per heavy atom. The summed E-state index contributed by atoms with van der Waals surface area (Å²) in [5.74, 6) is 0. The molecule has 7 aromatic carbocycles. The molecule has 0 aromatic heterocycles. The molecule has 0 fully saturated rings. The largest absolute Gasteiger partial charge is 0.744 e. The van der Waals surface area contributed by atoms with Gasteiger partial charge in [0.05, 0.1) is 15.8 Å². The monoisotopic (exact) mass is 572 g/mol. The summed E-state index contributed by atoms with van der Waals surface area (Å²) in [7, 11) is -4.50. The summed E-state index contributed by atoms with van der Waals surface area (Å²) in [6, 6.07) is 47.2. The Hall–Kier alpha value is -4.16. The predicted octanol–water partition coefficient (Wildman–Crippen LogP) is 8.83. The van der Waals surface area contributed by atoms with Crippen LogP contribution in [0.15, 0.2) is 159 Å². The molecule has 0 aliphatic carbocycles. The molecule has 0 atom stereocenters. The molecule has 0 heterocycles. The Morgan fingerprint density at radius 3 is 1.56 bits per heavy atom. The van der Waals surface area contributed by atoms with Gasteiger partial charge in [0.1, 0.15) is 10.1 Å². The van der Waals surface area contributed by atoms with Crippen molar-refractivity contribution in [3.8, 4) is 0 Å². The minimum absolute atomic E-state index is 0.0249. The molecule has 0 spiro atoms. The second-order valence-corrected chi connectivity index (χ2v) is 13.2. The van der Waals surface area contributed by atoms with E-state index in [0.29, 0.717) is 5.39 Å². The van der Waals surface area contributed by atoms with Crippen LogP contribution in [0.25, 0.3) is 32.3 Å². The lowest BCUT2D eigenvalue weighted by Gasteiger charge is -2.15. The molecule has 3 nitrogen and oxygen atoms in total. The first-order chi connectivity index (χ1) is 19.9. The zero-order chi connectivity index (χ0) is 28.4. The molecule has 0 N–H and O–H groups in total. The first kappa shape index (κ1) is 27.0. The van der Waals surface area contributed by atoms with Gasteiger partial charge in [0.25, 0.3) is 0 Å². The van der Waals surface area contributed by atoms with Crippen LogP contribution in [0.2, 0.25) is 0 Å². The van der Waals surface area contributed by atoms with E-state index in [1.165, 1.54) is 26.3 Å². The number of hydrogen-bond donors (Lipinski definition) is 0. The fourth-order valence-corrected chi connectivity index (χ4v) is 8.07. The van der Waals surface area contributed by atoms with Crippen LogP contribution in [-0.2, 0) is 27.4 Å². The van der Waals surface area contributed by atoms with E-state index >= 15 is 0 Å². The van der Waals surface area contributed by atoms with Crippen LogP contribution in [-0.4, -0.2) is 13.0 Å². The van der Waals surface area contributed by atoms with Crippen LogP contribution in [0.1, 0.15) is 12.5 Å². The van der Waals surface area contributed by atoms with Gasteiger partial charge in [0.15, 0.2) is 14.7 Å². The van der Waals surface area contributed by atoms with Crippen molar-refractivity contribution in [2.45, 2.75) is 32.9 Å². The molecular weight excluding hydrogens is 545 g/mol. The van der Waals surface area contributed by atoms with Gasteiger partial charge in [-0.25, -0.2) is 8.42 Å². The zero-order valence-corrected chi connectivity index (χ0v) is 24.2. The van der Waals surface area contributed by atoms with E-state index in [1.54, 1.807) is 12.1 Å². The van der Waals surface area contributed by atoms with Crippen LogP contribution in [0.3, 0.4) is 0 Å². The first-order valence-electron chi connectivity index (χ1n) is 13.5. The predicted molar refractivity (Wildman–Crippen MR) is 169 cm³/mol. The molecule has 0 radical (unpaired) electrons. The highest BCUT2D eigenvalue weighted by Crippen LogP contribution is 2.37. The molecule has 5 heteroatoms. The maximum Gasteiger partial charge on any atom is 0.166 e. The number of benzene rings is 7. The molecule has 0 aliphatic heterocycles. The third-order valence-corrected chi connectivity index (χ3v) is 10.4. The van der Waals surface area contributed by atoms with Gasteiger partial charge in [-0.05, 0) is 81.4 Å². The van der Waals surface area contributed by atoms with Gasteiger partial charge in [-0.1, -0.05) is 104 Å². The molecule has 202 valence electrons. The molecule has 0 saturated carbocycles. The van der Waals surface area contributed by atoms with Crippen LogP contribution < -0.4 is 0 Å². The maximum atomic E-state index is 11.4. The fourth-order valence-electron chi connectivity index (χ4n) is 5.31. The summed E-state index contributed by atoms with van der Waals surface area (Å²) in [4.78, 5) is 3.97. The number of rotatable bonds is 5. The number of aryl methyl sites for hydroxylation is 1. The van der Waals surface area contributed by atoms with Gasteiger partial charge < -0.3 is 4.55 Å². The third-order valence-electron chi connectivity index (χ3n) is 7.28. The van der Waals surface area contributed by atoms with Crippen molar-refractivity contribution >= 4 is 53.3 Å². The lowest BCUT2D eigenvalue weighted by atomic mass is 9.94. The van der Waals surface area contributed by atoms with Gasteiger partial charge in [0, 0.05) is 5.39 Å². The Labute approximate surface area is 243 Å². The fraction of sp³-hybridized carbons (Fsp3) is 0.0556. The SMILES string of the molecule is CCc1ccc([S+](c2ccccc2)c2ccccc2)cc1.O=S(=O)([O-])c1ccc2ccc3cccc4ccc1c2c34. The van der Waals surface area contributed by atoms with E-state index in [-0.39, 0.29) is 15.8 Å². The van der Waals surface area contributed by atoms with Crippen LogP contribution in [0.4, 0.5) is 0 Å². The minimum Gasteiger partial charge on any atom is -0.744 e. The second-order valence-electron chi connectivity index (χ2n) is 9.80.